The van der Waals surface area contributed by atoms with Gasteiger partial charge in [0.2, 0.25) is 5.82 Å². The van der Waals surface area contributed by atoms with Gasteiger partial charge in [0, 0.05) is 24.7 Å². The van der Waals surface area contributed by atoms with Crippen molar-refractivity contribution >= 4 is 12.1 Å². The largest absolute Gasteiger partial charge is 0.450 e. The number of hydrogen-bond acceptors (Lipinski definition) is 6. The average molecular weight is 316 g/mol. The Morgan fingerprint density at radius 2 is 2.09 bits per heavy atom. The normalized spacial score (nSPS) is 15.4. The summed E-state index contributed by atoms with van der Waals surface area (Å²) >= 11 is 0. The summed E-state index contributed by atoms with van der Waals surface area (Å²) in [5.74, 6) is 0.567. The number of benzene rings is 1. The van der Waals surface area contributed by atoms with Gasteiger partial charge in [0.1, 0.15) is 0 Å². The monoisotopic (exact) mass is 316 g/mol. The number of piperidine rings is 1. The summed E-state index contributed by atoms with van der Waals surface area (Å²) in [5, 5.41) is 7.23. The Morgan fingerprint density at radius 1 is 1.35 bits per heavy atom. The van der Waals surface area contributed by atoms with Crippen LogP contribution in [-0.2, 0) is 4.74 Å². The van der Waals surface area contributed by atoms with E-state index in [1.54, 1.807) is 4.90 Å². The molecule has 1 saturated heterocycles. The Hall–Kier alpha value is -2.57. The molecule has 1 aliphatic rings. The first-order valence-corrected chi connectivity index (χ1v) is 7.83. The van der Waals surface area contributed by atoms with E-state index in [1.165, 1.54) is 0 Å². The first kappa shape index (κ1) is 15.3. The molecular formula is C16H20N4O3. The van der Waals surface area contributed by atoms with Crippen molar-refractivity contribution in [2.24, 2.45) is 0 Å². The highest BCUT2D eigenvalue weighted by Gasteiger charge is 2.24. The molecule has 2 aromatic rings. The fourth-order valence-electron chi connectivity index (χ4n) is 2.58. The molecule has 0 spiro atoms. The van der Waals surface area contributed by atoms with E-state index >= 15 is 0 Å². The molecule has 1 aromatic heterocycles. The van der Waals surface area contributed by atoms with Gasteiger partial charge in [0.05, 0.1) is 6.61 Å². The first-order chi connectivity index (χ1) is 11.3. The Balaban J connectivity index is 1.53. The highest BCUT2D eigenvalue weighted by atomic mass is 16.6. The number of hydrogen-bond donors (Lipinski definition) is 1. The molecule has 7 heteroatoms. The molecule has 1 amide bonds. The van der Waals surface area contributed by atoms with Crippen LogP contribution < -0.4 is 5.32 Å². The van der Waals surface area contributed by atoms with E-state index < -0.39 is 0 Å². The molecule has 0 unspecified atom stereocenters. The smallest absolute Gasteiger partial charge is 0.409 e. The molecule has 1 aliphatic heterocycles. The lowest BCUT2D eigenvalue weighted by atomic mass is 10.1. The van der Waals surface area contributed by atoms with Crippen molar-refractivity contribution in [3.8, 4) is 11.4 Å². The SMILES string of the molecule is CCOC(=O)N1CCC(Nc2nc(-c3ccccc3)no2)CC1. The standard InChI is InChI=1S/C16H20N4O3/c1-2-22-16(21)20-10-8-13(9-11-20)17-15-18-14(19-23-15)12-6-4-3-5-7-12/h3-7,13H,2,8-11H2,1H3,(H,17,18,19). The first-order valence-electron chi connectivity index (χ1n) is 7.83. The van der Waals surface area contributed by atoms with E-state index in [0.29, 0.717) is 31.5 Å². The number of likely N-dealkylation sites (tertiary alicyclic amines) is 1. The van der Waals surface area contributed by atoms with Gasteiger partial charge in [0.25, 0.3) is 0 Å². The van der Waals surface area contributed by atoms with Gasteiger partial charge < -0.3 is 19.5 Å². The van der Waals surface area contributed by atoms with Crippen LogP contribution in [0.2, 0.25) is 0 Å². The van der Waals surface area contributed by atoms with Crippen LogP contribution in [0.5, 0.6) is 0 Å². The lowest BCUT2D eigenvalue weighted by molar-refractivity contribution is 0.0982. The number of rotatable bonds is 4. The van der Waals surface area contributed by atoms with Crippen LogP contribution >= 0.6 is 0 Å². The van der Waals surface area contributed by atoms with Crippen molar-refractivity contribution in [2.45, 2.75) is 25.8 Å². The second-order valence-electron chi connectivity index (χ2n) is 5.39. The molecule has 122 valence electrons. The Morgan fingerprint density at radius 3 is 2.78 bits per heavy atom. The van der Waals surface area contributed by atoms with E-state index in [4.69, 9.17) is 9.26 Å². The third-order valence-electron chi connectivity index (χ3n) is 3.81. The van der Waals surface area contributed by atoms with Crippen LogP contribution in [0.1, 0.15) is 19.8 Å². The summed E-state index contributed by atoms with van der Waals surface area (Å²) in [6, 6.07) is 10.3. The topological polar surface area (TPSA) is 80.5 Å². The summed E-state index contributed by atoms with van der Waals surface area (Å²) in [4.78, 5) is 17.8. The predicted octanol–water partition coefficient (Wildman–Crippen LogP) is 2.77. The van der Waals surface area contributed by atoms with Gasteiger partial charge in [-0.1, -0.05) is 35.5 Å². The zero-order valence-corrected chi connectivity index (χ0v) is 13.1. The van der Waals surface area contributed by atoms with Gasteiger partial charge in [-0.05, 0) is 19.8 Å². The van der Waals surface area contributed by atoms with Gasteiger partial charge >= 0.3 is 12.1 Å². The lowest BCUT2D eigenvalue weighted by Gasteiger charge is -2.31. The second-order valence-corrected chi connectivity index (χ2v) is 5.39. The van der Waals surface area contributed by atoms with Crippen LogP contribution in [0, 0.1) is 0 Å². The minimum atomic E-state index is -0.241. The van der Waals surface area contributed by atoms with Crippen molar-refractivity contribution in [1.29, 1.82) is 0 Å². The summed E-state index contributed by atoms with van der Waals surface area (Å²) < 4.78 is 10.3. The molecule has 23 heavy (non-hydrogen) atoms. The third-order valence-corrected chi connectivity index (χ3v) is 3.81. The molecule has 2 heterocycles. The van der Waals surface area contributed by atoms with Gasteiger partial charge in [-0.15, -0.1) is 0 Å². The van der Waals surface area contributed by atoms with E-state index in [0.717, 1.165) is 18.4 Å². The minimum Gasteiger partial charge on any atom is -0.450 e. The van der Waals surface area contributed by atoms with E-state index in [-0.39, 0.29) is 12.1 Å². The third kappa shape index (κ3) is 3.80. The predicted molar refractivity (Wildman–Crippen MR) is 85.0 cm³/mol. The van der Waals surface area contributed by atoms with Gasteiger partial charge in [-0.2, -0.15) is 4.98 Å². The van der Waals surface area contributed by atoms with Crippen LogP contribution in [0.4, 0.5) is 10.8 Å². The van der Waals surface area contributed by atoms with Crippen LogP contribution in [-0.4, -0.2) is 46.9 Å². The van der Waals surface area contributed by atoms with Crippen LogP contribution in [0.3, 0.4) is 0 Å². The van der Waals surface area contributed by atoms with E-state index in [9.17, 15) is 4.79 Å². The lowest BCUT2D eigenvalue weighted by Crippen LogP contribution is -2.42. The quantitative estimate of drug-likeness (QED) is 0.934. The summed E-state index contributed by atoms with van der Waals surface area (Å²) in [6.45, 7) is 3.54. The highest BCUT2D eigenvalue weighted by molar-refractivity contribution is 5.67. The number of aromatic nitrogens is 2. The van der Waals surface area contributed by atoms with Crippen LogP contribution in [0.25, 0.3) is 11.4 Å². The zero-order chi connectivity index (χ0) is 16.1. The number of anilines is 1. The Bertz CT molecular complexity index is 636. The molecule has 7 nitrogen and oxygen atoms in total. The maximum Gasteiger partial charge on any atom is 0.409 e. The average Bonchev–Trinajstić information content (AvgIpc) is 3.05. The molecule has 0 aliphatic carbocycles. The molecular weight excluding hydrogens is 296 g/mol. The molecule has 0 saturated carbocycles. The number of nitrogens with one attached hydrogen (secondary N) is 1. The van der Waals surface area contributed by atoms with E-state index in [2.05, 4.69) is 15.5 Å². The van der Waals surface area contributed by atoms with Crippen LogP contribution in [0.15, 0.2) is 34.9 Å². The maximum atomic E-state index is 11.7. The second kappa shape index (κ2) is 7.13. The Kier molecular flexibility index (Phi) is 4.75. The molecule has 1 fully saturated rings. The van der Waals surface area contributed by atoms with Gasteiger partial charge in [-0.25, -0.2) is 4.79 Å². The molecule has 1 N–H and O–H groups in total. The van der Waals surface area contributed by atoms with Crippen molar-refractivity contribution in [1.82, 2.24) is 15.0 Å². The molecule has 0 radical (unpaired) electrons. The molecule has 0 atom stereocenters. The number of nitrogens with zero attached hydrogens (tertiary/aromatic N) is 3. The fourth-order valence-corrected chi connectivity index (χ4v) is 2.58. The summed E-state index contributed by atoms with van der Waals surface area (Å²) in [7, 11) is 0. The number of ether oxygens (including phenoxy) is 1. The minimum absolute atomic E-state index is 0.213. The van der Waals surface area contributed by atoms with Gasteiger partial charge in [-0.3, -0.25) is 0 Å². The number of carbonyl (C=O) groups excluding carboxylic acids is 1. The van der Waals surface area contributed by atoms with Crippen molar-refractivity contribution in [3.63, 3.8) is 0 Å². The highest BCUT2D eigenvalue weighted by Crippen LogP contribution is 2.20. The van der Waals surface area contributed by atoms with Crippen molar-refractivity contribution < 1.29 is 14.1 Å². The maximum absolute atomic E-state index is 11.7. The van der Waals surface area contributed by atoms with Crippen molar-refractivity contribution in [3.05, 3.63) is 30.3 Å². The molecule has 1 aromatic carbocycles. The number of amides is 1. The molecule has 0 bridgehead atoms. The van der Waals surface area contributed by atoms with Gasteiger partial charge in [0.15, 0.2) is 0 Å². The molecule has 3 rings (SSSR count). The summed E-state index contributed by atoms with van der Waals surface area (Å²) in [6.07, 6.45) is 1.40. The summed E-state index contributed by atoms with van der Waals surface area (Å²) in [5.41, 5.74) is 0.918. The Labute approximate surface area is 134 Å². The zero-order valence-electron chi connectivity index (χ0n) is 13.1. The fraction of sp³-hybridized carbons (Fsp3) is 0.438. The van der Waals surface area contributed by atoms with Crippen molar-refractivity contribution in [2.75, 3.05) is 25.0 Å². The number of carbonyl (C=O) groups is 1. The van der Waals surface area contributed by atoms with E-state index in [1.807, 2.05) is 37.3 Å².